The van der Waals surface area contributed by atoms with Crippen LogP contribution in [-0.4, -0.2) is 96.6 Å². The molecule has 4 aliphatic heterocycles. The minimum atomic E-state index is -0.956. The zero-order valence-corrected chi connectivity index (χ0v) is 24.5. The summed E-state index contributed by atoms with van der Waals surface area (Å²) in [5.74, 6) is -1.17. The highest BCUT2D eigenvalue weighted by molar-refractivity contribution is 5.93. The number of nitrogens with zero attached hydrogens (tertiary/aromatic N) is 2. The van der Waals surface area contributed by atoms with Crippen LogP contribution in [0.4, 0.5) is 0 Å². The molecule has 4 bridgehead atoms. The standard InChI is InChI=1S/C32H38N4O8/c37-29(25-27-31(39)35(19-23(41-25)43-27)17-21-11-5-3-6-12-21)33-15-9-1-2-10-16-34-30(38)26-28-32(40)36(20-24(42-26)44-28)18-22-13-7-4-8-14-22/h3-8,11-14,23-28H,1-2,9-10,15-20H2,(H,33,37)(H,34,38). The van der Waals surface area contributed by atoms with Crippen molar-refractivity contribution < 1.29 is 38.1 Å². The van der Waals surface area contributed by atoms with Crippen LogP contribution in [-0.2, 0) is 51.2 Å². The lowest BCUT2D eigenvalue weighted by atomic mass is 10.1. The molecule has 44 heavy (non-hydrogen) atoms. The Morgan fingerprint density at radius 3 is 1.43 bits per heavy atom. The summed E-state index contributed by atoms with van der Waals surface area (Å²) in [6.45, 7) is 2.36. The molecule has 4 amide bonds. The summed E-state index contributed by atoms with van der Waals surface area (Å²) in [4.78, 5) is 54.8. The molecule has 234 valence electrons. The van der Waals surface area contributed by atoms with Crippen molar-refractivity contribution in [3.8, 4) is 0 Å². The van der Waals surface area contributed by atoms with Gasteiger partial charge < -0.3 is 39.4 Å². The fraction of sp³-hybridized carbons (Fsp3) is 0.500. The van der Waals surface area contributed by atoms with Gasteiger partial charge in [0.05, 0.1) is 13.1 Å². The van der Waals surface area contributed by atoms with Crippen molar-refractivity contribution in [1.29, 1.82) is 0 Å². The summed E-state index contributed by atoms with van der Waals surface area (Å²) in [5.41, 5.74) is 2.01. The molecule has 6 rings (SSSR count). The Balaban J connectivity index is 0.848. The van der Waals surface area contributed by atoms with Gasteiger partial charge in [0.1, 0.15) is 0 Å². The average Bonchev–Trinajstić information content (AvgIpc) is 3.60. The third-order valence-electron chi connectivity index (χ3n) is 8.24. The van der Waals surface area contributed by atoms with E-state index in [4.69, 9.17) is 18.9 Å². The Morgan fingerprint density at radius 2 is 1.02 bits per heavy atom. The first-order chi connectivity index (χ1) is 21.5. The predicted octanol–water partition coefficient (Wildman–Crippen LogP) is 1.08. The van der Waals surface area contributed by atoms with Crippen molar-refractivity contribution >= 4 is 23.6 Å². The summed E-state index contributed by atoms with van der Waals surface area (Å²) in [5, 5.41) is 5.72. The van der Waals surface area contributed by atoms with E-state index in [1.54, 1.807) is 9.80 Å². The van der Waals surface area contributed by atoms with Gasteiger partial charge in [0.25, 0.3) is 23.6 Å². The number of hydrogen-bond acceptors (Lipinski definition) is 8. The molecule has 0 aromatic heterocycles. The average molecular weight is 607 g/mol. The minimum absolute atomic E-state index is 0.239. The van der Waals surface area contributed by atoms with Crippen LogP contribution in [0, 0.1) is 0 Å². The van der Waals surface area contributed by atoms with E-state index in [1.165, 1.54) is 0 Å². The molecule has 2 N–H and O–H groups in total. The molecule has 2 aromatic carbocycles. The van der Waals surface area contributed by atoms with Crippen molar-refractivity contribution in [3.63, 3.8) is 0 Å². The maximum atomic E-state index is 12.9. The number of amides is 4. The Bertz CT molecular complexity index is 1230. The number of ether oxygens (including phenoxy) is 4. The zero-order valence-electron chi connectivity index (χ0n) is 24.5. The van der Waals surface area contributed by atoms with Gasteiger partial charge >= 0.3 is 0 Å². The van der Waals surface area contributed by atoms with Crippen molar-refractivity contribution in [2.75, 3.05) is 26.2 Å². The van der Waals surface area contributed by atoms with Gasteiger partial charge in [-0.1, -0.05) is 73.5 Å². The number of rotatable bonds is 13. The van der Waals surface area contributed by atoms with Crippen molar-refractivity contribution in [3.05, 3.63) is 71.8 Å². The predicted molar refractivity (Wildman–Crippen MR) is 155 cm³/mol. The van der Waals surface area contributed by atoms with Gasteiger partial charge in [-0.05, 0) is 24.0 Å². The van der Waals surface area contributed by atoms with E-state index in [2.05, 4.69) is 10.6 Å². The Morgan fingerprint density at radius 1 is 0.614 bits per heavy atom. The van der Waals surface area contributed by atoms with Gasteiger partial charge in [-0.2, -0.15) is 0 Å². The largest absolute Gasteiger partial charge is 0.354 e. The summed E-state index contributed by atoms with van der Waals surface area (Å²) in [7, 11) is 0. The SMILES string of the molecule is O=C(NCCCCCCNC(=O)C1OC2CN(Cc3ccccc3)C(=O)C1O2)C1OC2CN(Cc3ccccc3)C(=O)C1O2. The second-order valence-corrected chi connectivity index (χ2v) is 11.5. The number of hydrogen-bond donors (Lipinski definition) is 2. The summed E-state index contributed by atoms with van der Waals surface area (Å²) in [6, 6.07) is 19.4. The van der Waals surface area contributed by atoms with E-state index in [1.807, 2.05) is 60.7 Å². The maximum absolute atomic E-state index is 12.9. The van der Waals surface area contributed by atoms with E-state index in [-0.39, 0.29) is 36.7 Å². The minimum Gasteiger partial charge on any atom is -0.354 e. The van der Waals surface area contributed by atoms with Crippen molar-refractivity contribution in [2.24, 2.45) is 0 Å². The molecule has 4 heterocycles. The van der Waals surface area contributed by atoms with Crippen LogP contribution in [0.25, 0.3) is 0 Å². The smallest absolute Gasteiger partial charge is 0.255 e. The molecule has 0 saturated carbocycles. The number of carbonyl (C=O) groups excluding carboxylic acids is 4. The van der Waals surface area contributed by atoms with Crippen LogP contribution < -0.4 is 10.6 Å². The number of fused-ring (bicyclic) bond motifs is 4. The molecule has 2 aromatic rings. The van der Waals surface area contributed by atoms with E-state index in [0.29, 0.717) is 26.2 Å². The summed E-state index contributed by atoms with van der Waals surface area (Å²) >= 11 is 0. The number of carbonyl (C=O) groups is 4. The van der Waals surface area contributed by atoms with Gasteiger partial charge in [0.15, 0.2) is 37.0 Å². The first-order valence-electron chi connectivity index (χ1n) is 15.3. The Labute approximate surface area is 255 Å². The van der Waals surface area contributed by atoms with E-state index >= 15 is 0 Å². The lowest BCUT2D eigenvalue weighted by Gasteiger charge is -2.30. The van der Waals surface area contributed by atoms with Crippen LogP contribution in [0.5, 0.6) is 0 Å². The Hall–Kier alpha value is -3.84. The summed E-state index contributed by atoms with van der Waals surface area (Å²) in [6.07, 6.45) is -1.84. The van der Waals surface area contributed by atoms with Crippen LogP contribution >= 0.6 is 0 Å². The molecule has 4 aliphatic rings. The lowest BCUT2D eigenvalue weighted by molar-refractivity contribution is -0.163. The van der Waals surface area contributed by atoms with Gasteiger partial charge in [0, 0.05) is 26.2 Å². The topological polar surface area (TPSA) is 136 Å². The quantitative estimate of drug-likeness (QED) is 0.324. The van der Waals surface area contributed by atoms with Crippen molar-refractivity contribution in [2.45, 2.75) is 75.8 Å². The van der Waals surface area contributed by atoms with Gasteiger partial charge in [0.2, 0.25) is 0 Å². The second-order valence-electron chi connectivity index (χ2n) is 11.5. The number of benzene rings is 2. The fourth-order valence-corrected chi connectivity index (χ4v) is 5.97. The molecule has 4 saturated heterocycles. The lowest BCUT2D eigenvalue weighted by Crippen LogP contribution is -2.51. The van der Waals surface area contributed by atoms with Crippen LogP contribution in [0.2, 0.25) is 0 Å². The zero-order chi connectivity index (χ0) is 30.5. The molecule has 12 nitrogen and oxygen atoms in total. The van der Waals surface area contributed by atoms with Gasteiger partial charge in [-0.3, -0.25) is 19.2 Å². The van der Waals surface area contributed by atoms with Gasteiger partial charge in [-0.15, -0.1) is 0 Å². The van der Waals surface area contributed by atoms with Crippen LogP contribution in [0.15, 0.2) is 60.7 Å². The summed E-state index contributed by atoms with van der Waals surface area (Å²) < 4.78 is 22.8. The molecule has 0 aliphatic carbocycles. The molecule has 0 radical (unpaired) electrons. The van der Waals surface area contributed by atoms with Crippen molar-refractivity contribution in [1.82, 2.24) is 20.4 Å². The highest BCUT2D eigenvalue weighted by atomic mass is 16.7. The van der Waals surface area contributed by atoms with Gasteiger partial charge in [-0.25, -0.2) is 0 Å². The maximum Gasteiger partial charge on any atom is 0.255 e. The highest BCUT2D eigenvalue weighted by Crippen LogP contribution is 2.29. The van der Waals surface area contributed by atoms with Crippen LogP contribution in [0.3, 0.4) is 0 Å². The normalized spacial score (nSPS) is 27.5. The molecule has 0 spiro atoms. The monoisotopic (exact) mass is 606 g/mol. The fourth-order valence-electron chi connectivity index (χ4n) is 5.97. The third-order valence-corrected chi connectivity index (χ3v) is 8.24. The van der Waals surface area contributed by atoms with E-state index in [0.717, 1.165) is 36.8 Å². The molecule has 4 fully saturated rings. The molecular formula is C32H38N4O8. The van der Waals surface area contributed by atoms with Crippen LogP contribution in [0.1, 0.15) is 36.8 Å². The highest BCUT2D eigenvalue weighted by Gasteiger charge is 2.52. The molecule has 6 unspecified atom stereocenters. The third kappa shape index (κ3) is 6.94. The number of morpholine rings is 2. The molecular weight excluding hydrogens is 568 g/mol. The van der Waals surface area contributed by atoms with E-state index < -0.39 is 37.0 Å². The molecule has 12 heteroatoms. The molecule has 6 atom stereocenters. The number of nitrogens with one attached hydrogen (secondary N) is 2. The second kappa shape index (κ2) is 13.9. The first-order valence-corrected chi connectivity index (χ1v) is 15.3. The number of unbranched alkanes of at least 4 members (excludes halogenated alkanes) is 3. The Kier molecular flexibility index (Phi) is 9.51. The van der Waals surface area contributed by atoms with E-state index in [9.17, 15) is 19.2 Å². The first kappa shape index (κ1) is 30.2.